The summed E-state index contributed by atoms with van der Waals surface area (Å²) in [4.78, 5) is 12.2. The molecule has 1 saturated carbocycles. The topological polar surface area (TPSA) is 52.3 Å². The highest BCUT2D eigenvalue weighted by Crippen LogP contribution is 2.35. The molecule has 0 unspecified atom stereocenters. The van der Waals surface area contributed by atoms with Gasteiger partial charge in [0.05, 0.1) is 5.56 Å². The quantitative estimate of drug-likeness (QED) is 0.672. The summed E-state index contributed by atoms with van der Waals surface area (Å²) in [6, 6.07) is 6.93. The fourth-order valence-corrected chi connectivity index (χ4v) is 3.07. The van der Waals surface area contributed by atoms with Crippen molar-refractivity contribution in [2.24, 2.45) is 17.8 Å². The summed E-state index contributed by atoms with van der Waals surface area (Å²) in [5, 5.41) is 0. The van der Waals surface area contributed by atoms with E-state index in [1.807, 2.05) is 0 Å². The molecule has 3 nitrogen and oxygen atoms in total. The van der Waals surface area contributed by atoms with Gasteiger partial charge in [-0.2, -0.15) is 0 Å². The number of benzene rings is 1. The Bertz CT molecular complexity index is 453. The normalized spacial score (nSPS) is 26.5. The molecule has 1 aromatic carbocycles. The lowest BCUT2D eigenvalue weighted by Gasteiger charge is -2.36. The van der Waals surface area contributed by atoms with Gasteiger partial charge in [-0.15, -0.1) is 0 Å². The van der Waals surface area contributed by atoms with E-state index in [-0.39, 0.29) is 12.1 Å². The molecule has 1 aliphatic carbocycles. The Morgan fingerprint density at radius 2 is 1.90 bits per heavy atom. The summed E-state index contributed by atoms with van der Waals surface area (Å²) in [7, 11) is 0. The smallest absolute Gasteiger partial charge is 0.338 e. The van der Waals surface area contributed by atoms with Gasteiger partial charge in [-0.25, -0.2) is 4.79 Å². The average molecular weight is 275 g/mol. The van der Waals surface area contributed by atoms with Crippen molar-refractivity contribution in [3.63, 3.8) is 0 Å². The molecule has 0 bridgehead atoms. The van der Waals surface area contributed by atoms with Crippen LogP contribution in [0.5, 0.6) is 0 Å². The molecule has 1 aliphatic rings. The average Bonchev–Trinajstić information content (AvgIpc) is 2.39. The molecular weight excluding hydrogens is 250 g/mol. The molecule has 3 atom stereocenters. The van der Waals surface area contributed by atoms with E-state index in [1.54, 1.807) is 24.3 Å². The van der Waals surface area contributed by atoms with Crippen molar-refractivity contribution in [3.8, 4) is 0 Å². The van der Waals surface area contributed by atoms with E-state index in [1.165, 1.54) is 6.42 Å². The van der Waals surface area contributed by atoms with E-state index in [2.05, 4.69) is 20.8 Å². The van der Waals surface area contributed by atoms with Crippen LogP contribution in [0.25, 0.3) is 0 Å². The number of anilines is 1. The minimum absolute atomic E-state index is 0.0452. The monoisotopic (exact) mass is 275 g/mol. The lowest BCUT2D eigenvalue weighted by Crippen LogP contribution is -2.35. The molecule has 0 aliphatic heterocycles. The van der Waals surface area contributed by atoms with E-state index in [0.717, 1.165) is 12.8 Å². The highest BCUT2D eigenvalue weighted by atomic mass is 16.5. The van der Waals surface area contributed by atoms with Gasteiger partial charge < -0.3 is 10.5 Å². The van der Waals surface area contributed by atoms with E-state index in [4.69, 9.17) is 10.5 Å². The minimum atomic E-state index is -0.227. The van der Waals surface area contributed by atoms with Crippen molar-refractivity contribution in [1.82, 2.24) is 0 Å². The Labute approximate surface area is 121 Å². The van der Waals surface area contributed by atoms with Crippen LogP contribution in [0, 0.1) is 17.8 Å². The summed E-state index contributed by atoms with van der Waals surface area (Å²) in [6.45, 7) is 6.66. The number of esters is 1. The van der Waals surface area contributed by atoms with Crippen LogP contribution in [0.2, 0.25) is 0 Å². The lowest BCUT2D eigenvalue weighted by molar-refractivity contribution is -0.0174. The Morgan fingerprint density at radius 1 is 1.25 bits per heavy atom. The number of carbonyl (C=O) groups is 1. The number of nitrogens with two attached hydrogens (primary N) is 1. The number of hydrogen-bond donors (Lipinski definition) is 1. The summed E-state index contributed by atoms with van der Waals surface area (Å²) in [5.74, 6) is 1.43. The van der Waals surface area contributed by atoms with Crippen LogP contribution in [0.15, 0.2) is 24.3 Å². The zero-order valence-corrected chi connectivity index (χ0v) is 12.6. The molecule has 20 heavy (non-hydrogen) atoms. The van der Waals surface area contributed by atoms with Crippen LogP contribution in [-0.2, 0) is 4.74 Å². The maximum atomic E-state index is 12.2. The van der Waals surface area contributed by atoms with Gasteiger partial charge in [0.15, 0.2) is 0 Å². The SMILES string of the molecule is CC(C)[C@@H]1CC[C@H](C)C[C@H]1OC(=O)c1ccc(N)cc1. The predicted molar refractivity (Wildman–Crippen MR) is 81.4 cm³/mol. The van der Waals surface area contributed by atoms with Crippen LogP contribution < -0.4 is 5.73 Å². The highest BCUT2D eigenvalue weighted by Gasteiger charge is 2.33. The van der Waals surface area contributed by atoms with Crippen molar-refractivity contribution in [1.29, 1.82) is 0 Å². The van der Waals surface area contributed by atoms with Crippen molar-refractivity contribution in [3.05, 3.63) is 29.8 Å². The standard InChI is InChI=1S/C17H25NO2/c1-11(2)15-9-4-12(3)10-16(15)20-17(19)13-5-7-14(18)8-6-13/h5-8,11-12,15-16H,4,9-10,18H2,1-3H3/t12-,15-,16+/m0/s1. The molecule has 0 heterocycles. The molecular formula is C17H25NO2. The first-order valence-electron chi connectivity index (χ1n) is 7.54. The van der Waals surface area contributed by atoms with Gasteiger partial charge in [0.25, 0.3) is 0 Å². The second-order valence-corrected chi connectivity index (χ2v) is 6.39. The maximum absolute atomic E-state index is 12.2. The molecule has 110 valence electrons. The van der Waals surface area contributed by atoms with Gasteiger partial charge in [0.2, 0.25) is 0 Å². The third-order valence-electron chi connectivity index (χ3n) is 4.37. The van der Waals surface area contributed by atoms with Crippen molar-refractivity contribution < 1.29 is 9.53 Å². The third-order valence-corrected chi connectivity index (χ3v) is 4.37. The van der Waals surface area contributed by atoms with Crippen molar-refractivity contribution in [2.45, 2.75) is 46.1 Å². The molecule has 0 amide bonds. The van der Waals surface area contributed by atoms with E-state index < -0.39 is 0 Å². The molecule has 0 spiro atoms. The minimum Gasteiger partial charge on any atom is -0.458 e. The molecule has 2 rings (SSSR count). The van der Waals surface area contributed by atoms with Gasteiger partial charge in [0, 0.05) is 5.69 Å². The summed E-state index contributed by atoms with van der Waals surface area (Å²) < 4.78 is 5.78. The first kappa shape index (κ1) is 14.9. The number of carbonyl (C=O) groups excluding carboxylic acids is 1. The van der Waals surface area contributed by atoms with Gasteiger partial charge in [-0.3, -0.25) is 0 Å². The van der Waals surface area contributed by atoms with Crippen LogP contribution in [0.1, 0.15) is 50.4 Å². The molecule has 0 radical (unpaired) electrons. The largest absolute Gasteiger partial charge is 0.458 e. The van der Waals surface area contributed by atoms with Gasteiger partial charge in [0.1, 0.15) is 6.10 Å². The van der Waals surface area contributed by atoms with Crippen LogP contribution in [0.4, 0.5) is 5.69 Å². The Morgan fingerprint density at radius 3 is 2.50 bits per heavy atom. The second-order valence-electron chi connectivity index (χ2n) is 6.39. The number of hydrogen-bond acceptors (Lipinski definition) is 3. The molecule has 3 heteroatoms. The summed E-state index contributed by atoms with van der Waals surface area (Å²) >= 11 is 0. The number of nitrogen functional groups attached to an aromatic ring is 1. The zero-order chi connectivity index (χ0) is 14.7. The Kier molecular flexibility index (Phi) is 4.69. The van der Waals surface area contributed by atoms with E-state index in [0.29, 0.717) is 29.0 Å². The lowest BCUT2D eigenvalue weighted by atomic mass is 9.75. The maximum Gasteiger partial charge on any atom is 0.338 e. The fraction of sp³-hybridized carbons (Fsp3) is 0.588. The van der Waals surface area contributed by atoms with Crippen LogP contribution in [0.3, 0.4) is 0 Å². The molecule has 1 aromatic rings. The summed E-state index contributed by atoms with van der Waals surface area (Å²) in [6.07, 6.45) is 3.41. The van der Waals surface area contributed by atoms with Gasteiger partial charge in [-0.05, 0) is 54.9 Å². The predicted octanol–water partition coefficient (Wildman–Crippen LogP) is 3.89. The summed E-state index contributed by atoms with van der Waals surface area (Å²) in [5.41, 5.74) is 6.88. The van der Waals surface area contributed by atoms with Crippen LogP contribution in [-0.4, -0.2) is 12.1 Å². The van der Waals surface area contributed by atoms with E-state index in [9.17, 15) is 4.79 Å². The number of ether oxygens (including phenoxy) is 1. The van der Waals surface area contributed by atoms with Crippen molar-refractivity contribution in [2.75, 3.05) is 5.73 Å². The van der Waals surface area contributed by atoms with Crippen molar-refractivity contribution >= 4 is 11.7 Å². The van der Waals surface area contributed by atoms with Gasteiger partial charge in [-0.1, -0.05) is 27.2 Å². The number of rotatable bonds is 3. The molecule has 0 aromatic heterocycles. The molecule has 0 saturated heterocycles. The van der Waals surface area contributed by atoms with Crippen LogP contribution >= 0.6 is 0 Å². The third kappa shape index (κ3) is 3.53. The zero-order valence-electron chi connectivity index (χ0n) is 12.6. The van der Waals surface area contributed by atoms with Gasteiger partial charge >= 0.3 is 5.97 Å². The molecule has 1 fully saturated rings. The highest BCUT2D eigenvalue weighted by molar-refractivity contribution is 5.89. The first-order chi connectivity index (χ1) is 9.47. The molecule has 2 N–H and O–H groups in total. The fourth-order valence-electron chi connectivity index (χ4n) is 3.07. The van der Waals surface area contributed by atoms with E-state index >= 15 is 0 Å². The Hall–Kier alpha value is -1.51. The second kappa shape index (κ2) is 6.29. The Balaban J connectivity index is 2.05. The first-order valence-corrected chi connectivity index (χ1v) is 7.54.